The quantitative estimate of drug-likeness (QED) is 0.664. The Morgan fingerprint density at radius 3 is 2.80 bits per heavy atom. The minimum Gasteiger partial charge on any atom is -0.394 e. The number of nitrogens with one attached hydrogen (secondary N) is 1. The largest absolute Gasteiger partial charge is 0.394 e. The number of amides is 1. The van der Waals surface area contributed by atoms with Gasteiger partial charge in [0.2, 0.25) is 5.91 Å². The molecule has 0 saturated heterocycles. The van der Waals surface area contributed by atoms with Gasteiger partial charge in [0.1, 0.15) is 0 Å². The Hall–Kier alpha value is -2.99. The van der Waals surface area contributed by atoms with Crippen molar-refractivity contribution < 1.29 is 9.90 Å². The van der Waals surface area contributed by atoms with Gasteiger partial charge < -0.3 is 16.2 Å². The highest BCUT2D eigenvalue weighted by molar-refractivity contribution is 5.96. The molecule has 0 radical (unpaired) electrons. The third-order valence-corrected chi connectivity index (χ3v) is 4.15. The van der Waals surface area contributed by atoms with Crippen molar-refractivity contribution in [3.63, 3.8) is 0 Å². The van der Waals surface area contributed by atoms with Crippen molar-refractivity contribution in [1.82, 2.24) is 10.2 Å². The van der Waals surface area contributed by atoms with Gasteiger partial charge in [0, 0.05) is 22.4 Å². The monoisotopic (exact) mass is 336 g/mol. The number of fused-ring (bicyclic) bond motifs is 1. The van der Waals surface area contributed by atoms with Gasteiger partial charge in [-0.05, 0) is 54.8 Å². The molecule has 0 unspecified atom stereocenters. The lowest BCUT2D eigenvalue weighted by Crippen LogP contribution is -2.20. The first-order valence-electron chi connectivity index (χ1n) is 8.03. The van der Waals surface area contributed by atoms with Crippen LogP contribution >= 0.6 is 0 Å². The lowest BCUT2D eigenvalue weighted by molar-refractivity contribution is 0.100. The molecule has 3 rings (SSSR count). The fourth-order valence-corrected chi connectivity index (χ4v) is 2.73. The molecule has 0 fully saturated rings. The summed E-state index contributed by atoms with van der Waals surface area (Å²) in [5, 5.41) is 22.4. The number of carbonyl (C=O) groups excluding carboxylic acids is 1. The molecule has 0 aliphatic rings. The van der Waals surface area contributed by atoms with E-state index in [1.54, 1.807) is 18.3 Å². The van der Waals surface area contributed by atoms with Crippen molar-refractivity contribution in [3.8, 4) is 11.1 Å². The number of benzene rings is 2. The molecule has 1 aromatic heterocycles. The zero-order valence-corrected chi connectivity index (χ0v) is 14.2. The maximum atomic E-state index is 11.5. The van der Waals surface area contributed by atoms with E-state index in [-0.39, 0.29) is 12.6 Å². The molecule has 2 aromatic carbocycles. The summed E-state index contributed by atoms with van der Waals surface area (Å²) in [5.74, 6) is 0.186. The highest BCUT2D eigenvalue weighted by Crippen LogP contribution is 2.29. The average Bonchev–Trinajstić information content (AvgIpc) is 2.61. The maximum absolute atomic E-state index is 11.5. The van der Waals surface area contributed by atoms with Gasteiger partial charge in [-0.25, -0.2) is 0 Å². The van der Waals surface area contributed by atoms with E-state index in [1.165, 1.54) is 0 Å². The summed E-state index contributed by atoms with van der Waals surface area (Å²) < 4.78 is 0. The summed E-state index contributed by atoms with van der Waals surface area (Å²) in [5.41, 5.74) is 8.85. The summed E-state index contributed by atoms with van der Waals surface area (Å²) in [6, 6.07) is 11.3. The third kappa shape index (κ3) is 3.44. The Labute approximate surface area is 145 Å². The number of primary amides is 1. The van der Waals surface area contributed by atoms with Crippen molar-refractivity contribution in [3.05, 3.63) is 53.7 Å². The van der Waals surface area contributed by atoms with E-state index < -0.39 is 5.91 Å². The molecule has 6 nitrogen and oxygen atoms in total. The number of aryl methyl sites for hydroxylation is 1. The van der Waals surface area contributed by atoms with E-state index in [1.807, 2.05) is 38.1 Å². The summed E-state index contributed by atoms with van der Waals surface area (Å²) >= 11 is 0. The number of rotatable bonds is 5. The van der Waals surface area contributed by atoms with Crippen molar-refractivity contribution >= 4 is 22.5 Å². The Bertz CT molecular complexity index is 940. The lowest BCUT2D eigenvalue weighted by atomic mass is 9.96. The Morgan fingerprint density at radius 2 is 2.08 bits per heavy atom. The molecule has 4 N–H and O–H groups in total. The standard InChI is InChI=1S/C19H20N4O2/c1-11-3-4-14(18(20)25)8-17(11)13-5-6-16-15(7-13)9-21-23-19(16)22-12(2)10-24/h3-9,12,24H,10H2,1-2H3,(H2,20,25)(H,22,23)/t12-/m1/s1. The molecular weight excluding hydrogens is 316 g/mol. The second-order valence-corrected chi connectivity index (χ2v) is 6.12. The van der Waals surface area contributed by atoms with Crippen LogP contribution in [0.4, 0.5) is 5.82 Å². The SMILES string of the molecule is Cc1ccc(C(N)=O)cc1-c1ccc2c(N[C@H](C)CO)nncc2c1. The molecule has 1 amide bonds. The van der Waals surface area contributed by atoms with Crippen LogP contribution in [0.1, 0.15) is 22.8 Å². The van der Waals surface area contributed by atoms with Crippen molar-refractivity contribution in [2.24, 2.45) is 5.73 Å². The van der Waals surface area contributed by atoms with Gasteiger partial charge in [-0.3, -0.25) is 4.79 Å². The lowest BCUT2D eigenvalue weighted by Gasteiger charge is -2.14. The average molecular weight is 336 g/mol. The smallest absolute Gasteiger partial charge is 0.248 e. The van der Waals surface area contributed by atoms with Crippen LogP contribution in [0, 0.1) is 6.92 Å². The van der Waals surface area contributed by atoms with Crippen molar-refractivity contribution in [2.75, 3.05) is 11.9 Å². The van der Waals surface area contributed by atoms with Crippen molar-refractivity contribution in [1.29, 1.82) is 0 Å². The third-order valence-electron chi connectivity index (χ3n) is 4.15. The summed E-state index contributed by atoms with van der Waals surface area (Å²) in [6.07, 6.45) is 1.70. The van der Waals surface area contributed by atoms with E-state index in [4.69, 9.17) is 5.73 Å². The van der Waals surface area contributed by atoms with Crippen LogP contribution < -0.4 is 11.1 Å². The fraction of sp³-hybridized carbons (Fsp3) is 0.211. The Kier molecular flexibility index (Phi) is 4.63. The second-order valence-electron chi connectivity index (χ2n) is 6.12. The van der Waals surface area contributed by atoms with Gasteiger partial charge in [0.25, 0.3) is 0 Å². The molecule has 0 aliphatic heterocycles. The zero-order chi connectivity index (χ0) is 18.0. The van der Waals surface area contributed by atoms with E-state index in [0.29, 0.717) is 11.4 Å². The van der Waals surface area contributed by atoms with Gasteiger partial charge >= 0.3 is 0 Å². The summed E-state index contributed by atoms with van der Waals surface area (Å²) in [6.45, 7) is 3.87. The van der Waals surface area contributed by atoms with Gasteiger partial charge in [-0.1, -0.05) is 12.1 Å². The number of aliphatic hydroxyl groups is 1. The topological polar surface area (TPSA) is 101 Å². The normalized spacial score (nSPS) is 12.1. The number of nitrogens with two attached hydrogens (primary N) is 1. The highest BCUT2D eigenvalue weighted by Gasteiger charge is 2.10. The minimum absolute atomic E-state index is 0.00918. The molecular formula is C19H20N4O2. The van der Waals surface area contributed by atoms with Crippen LogP contribution in [0.25, 0.3) is 21.9 Å². The number of carbonyl (C=O) groups is 1. The van der Waals surface area contributed by atoms with Crippen LogP contribution in [0.2, 0.25) is 0 Å². The predicted molar refractivity (Wildman–Crippen MR) is 98.4 cm³/mol. The molecule has 6 heteroatoms. The number of hydrogen-bond acceptors (Lipinski definition) is 5. The molecule has 3 aromatic rings. The van der Waals surface area contributed by atoms with E-state index in [0.717, 1.165) is 27.5 Å². The molecule has 0 saturated carbocycles. The van der Waals surface area contributed by atoms with E-state index in [2.05, 4.69) is 15.5 Å². The summed E-state index contributed by atoms with van der Waals surface area (Å²) in [4.78, 5) is 11.5. The number of aromatic nitrogens is 2. The first-order valence-corrected chi connectivity index (χ1v) is 8.03. The number of anilines is 1. The van der Waals surface area contributed by atoms with Crippen LogP contribution in [0.15, 0.2) is 42.6 Å². The number of aliphatic hydroxyl groups excluding tert-OH is 1. The highest BCUT2D eigenvalue weighted by atomic mass is 16.3. The molecule has 0 aliphatic carbocycles. The van der Waals surface area contributed by atoms with Crippen LogP contribution in [0.3, 0.4) is 0 Å². The van der Waals surface area contributed by atoms with Gasteiger partial charge in [-0.15, -0.1) is 5.10 Å². The second kappa shape index (κ2) is 6.86. The predicted octanol–water partition coefficient (Wildman–Crippen LogP) is 2.50. The summed E-state index contributed by atoms with van der Waals surface area (Å²) in [7, 11) is 0. The zero-order valence-electron chi connectivity index (χ0n) is 14.2. The van der Waals surface area contributed by atoms with Gasteiger partial charge in [0.15, 0.2) is 5.82 Å². The molecule has 25 heavy (non-hydrogen) atoms. The van der Waals surface area contributed by atoms with E-state index in [9.17, 15) is 9.90 Å². The van der Waals surface area contributed by atoms with Crippen LogP contribution in [-0.2, 0) is 0 Å². The van der Waals surface area contributed by atoms with Gasteiger partial charge in [-0.2, -0.15) is 5.10 Å². The van der Waals surface area contributed by atoms with Gasteiger partial charge in [0.05, 0.1) is 12.8 Å². The first kappa shape index (κ1) is 16.9. The molecule has 0 spiro atoms. The molecule has 0 bridgehead atoms. The molecule has 1 heterocycles. The first-order chi connectivity index (χ1) is 12.0. The van der Waals surface area contributed by atoms with E-state index >= 15 is 0 Å². The Balaban J connectivity index is 2.08. The maximum Gasteiger partial charge on any atom is 0.248 e. The fourth-order valence-electron chi connectivity index (χ4n) is 2.73. The number of nitrogens with zero attached hydrogens (tertiary/aromatic N) is 2. The molecule has 128 valence electrons. The van der Waals surface area contributed by atoms with Crippen molar-refractivity contribution in [2.45, 2.75) is 19.9 Å². The van der Waals surface area contributed by atoms with Crippen LogP contribution in [0.5, 0.6) is 0 Å². The van der Waals surface area contributed by atoms with Crippen LogP contribution in [-0.4, -0.2) is 33.9 Å². The Morgan fingerprint density at radius 1 is 1.28 bits per heavy atom. The molecule has 1 atom stereocenters. The minimum atomic E-state index is -0.447. The number of hydrogen-bond donors (Lipinski definition) is 3.